The van der Waals surface area contributed by atoms with Crippen LogP contribution in [0.25, 0.3) is 43.2 Å². The van der Waals surface area contributed by atoms with Crippen LogP contribution in [0.2, 0.25) is 0 Å². The molecule has 51 nitrogen and oxygen atoms in total. The average molecular weight is 1980 g/mol. The van der Waals surface area contributed by atoms with Gasteiger partial charge >= 0.3 is 23.3 Å². The van der Waals surface area contributed by atoms with E-state index in [0.29, 0.717) is 43.7 Å². The summed E-state index contributed by atoms with van der Waals surface area (Å²) in [4.78, 5) is 190. The number of carbonyl (C=O) groups is 4. The van der Waals surface area contributed by atoms with Crippen LogP contribution in [0.3, 0.4) is 0 Å². The van der Waals surface area contributed by atoms with Gasteiger partial charge in [-0.15, -0.1) is 35.8 Å². The van der Waals surface area contributed by atoms with Crippen molar-refractivity contribution in [3.63, 3.8) is 0 Å². The molecule has 14 N–H and O–H groups in total. The zero-order chi connectivity index (χ0) is 96.6. The van der Waals surface area contributed by atoms with Crippen molar-refractivity contribution in [3.05, 3.63) is 177 Å². The number of aromatic nitrogens is 14. The Bertz CT molecular complexity index is 5740. The van der Waals surface area contributed by atoms with E-state index in [1.54, 1.807) is 43.3 Å². The van der Waals surface area contributed by atoms with Crippen LogP contribution in [0.5, 0.6) is 0 Å². The number of nitrogens with two attached hydrogens (primary N) is 4. The highest BCUT2D eigenvalue weighted by Crippen LogP contribution is 2.50. The Labute approximate surface area is 769 Å². The van der Waals surface area contributed by atoms with Crippen LogP contribution in [0.1, 0.15) is 134 Å². The maximum absolute atomic E-state index is 14.2. The maximum Gasteiger partial charge on any atom is 0.358 e. The molecule has 8 aromatic heterocycles. The first kappa shape index (κ1) is 105. The van der Waals surface area contributed by atoms with Crippen molar-refractivity contribution in [3.8, 4) is 20.9 Å². The third-order valence-electron chi connectivity index (χ3n) is 19.6. The van der Waals surface area contributed by atoms with E-state index in [1.807, 2.05) is 52.0 Å². The van der Waals surface area contributed by atoms with Gasteiger partial charge in [0.05, 0.1) is 82.0 Å². The van der Waals surface area contributed by atoms with Crippen LogP contribution in [0.4, 0.5) is 23.3 Å². The lowest BCUT2D eigenvalue weighted by Crippen LogP contribution is -2.39. The van der Waals surface area contributed by atoms with Crippen molar-refractivity contribution in [2.45, 2.75) is 180 Å². The monoisotopic (exact) mass is 1980 g/mol. The van der Waals surface area contributed by atoms with E-state index in [9.17, 15) is 86.6 Å². The zero-order valence-electron chi connectivity index (χ0n) is 71.1. The summed E-state index contributed by atoms with van der Waals surface area (Å²) in [6.45, 7) is 13.0. The summed E-state index contributed by atoms with van der Waals surface area (Å²) < 4.78 is 119. The molecule has 7 unspecified atom stereocenters. The largest absolute Gasteiger partial charge is 0.790 e. The van der Waals surface area contributed by atoms with Crippen LogP contribution in [0.15, 0.2) is 133 Å². The van der Waals surface area contributed by atoms with Gasteiger partial charge in [-0.2, -0.15) is 9.97 Å². The van der Waals surface area contributed by atoms with Crippen LogP contribution >= 0.6 is 54.0 Å². The molecule has 0 bridgehead atoms. The summed E-state index contributed by atoms with van der Waals surface area (Å²) in [6.07, 6.45) is -10.9. The van der Waals surface area contributed by atoms with Gasteiger partial charge in [-0.3, -0.25) is 41.6 Å². The summed E-state index contributed by atoms with van der Waals surface area (Å²) in [5, 5.41) is 37.3. The molecule has 17 atom stereocenters. The Balaban J connectivity index is 0.000000263. The molecule has 0 radical (unpaired) electrons. The normalized spacial score (nSPS) is 22.7. The third-order valence-corrected chi connectivity index (χ3v) is 24.8. The summed E-state index contributed by atoms with van der Waals surface area (Å²) in [6, 6.07) is 16.8. The van der Waals surface area contributed by atoms with Crippen LogP contribution < -0.4 is 69.4 Å². The number of rotatable bonds is 36. The number of fused-ring (bicyclic) bond motifs is 2. The fourth-order valence-corrected chi connectivity index (χ4v) is 18.0. The van der Waals surface area contributed by atoms with E-state index < -0.39 is 180 Å². The van der Waals surface area contributed by atoms with E-state index in [-0.39, 0.29) is 109 Å². The van der Waals surface area contributed by atoms with Crippen molar-refractivity contribution < 1.29 is 138 Å². The number of nitrogens with one attached hydrogen (secondary N) is 2. The quantitative estimate of drug-likeness (QED) is 0.0152. The van der Waals surface area contributed by atoms with Gasteiger partial charge in [-0.05, 0) is 56.9 Å². The highest BCUT2D eigenvalue weighted by Gasteiger charge is 2.52. The molecule has 0 saturated carbocycles. The number of hydrogen-bond donors (Lipinski definition) is 10. The van der Waals surface area contributed by atoms with Gasteiger partial charge in [0.25, 0.3) is 23.5 Å². The number of nitrogen functional groups attached to an aromatic ring is 4. The number of phosphoric ester groups is 4. The van der Waals surface area contributed by atoms with Gasteiger partial charge < -0.3 is 138 Å². The number of hydrogen-bond acceptors (Lipinski definition) is 46. The number of phosphoric acid groups is 4. The Hall–Kier alpha value is -10.7. The van der Waals surface area contributed by atoms with E-state index in [0.717, 1.165) is 55.6 Å². The second-order valence-corrected chi connectivity index (χ2v) is 36.2. The molecule has 57 heteroatoms. The van der Waals surface area contributed by atoms with E-state index in [2.05, 4.69) is 82.7 Å². The predicted octanol–water partition coefficient (Wildman–Crippen LogP) is 1.79. The minimum atomic E-state index is -5.59. The number of anilines is 4. The highest BCUT2D eigenvalue weighted by molar-refractivity contribution is 7.46. The van der Waals surface area contributed by atoms with Crippen molar-refractivity contribution in [2.24, 2.45) is 0 Å². The van der Waals surface area contributed by atoms with Gasteiger partial charge in [-0.1, -0.05) is 93.1 Å². The lowest BCUT2D eigenvalue weighted by Gasteiger charge is -2.32. The number of imidazole rings is 2. The number of ether oxygens (including phenoxy) is 6. The Morgan fingerprint density at radius 1 is 0.552 bits per heavy atom. The lowest BCUT2D eigenvalue weighted by molar-refractivity contribution is -0.343. The molecule has 726 valence electrons. The molecule has 134 heavy (non-hydrogen) atoms. The molecule has 10 aromatic rings. The number of aliphatic hydroxyl groups is 3. The number of carbonyl (C=O) groups excluding carboxylic acids is 4. The third kappa shape index (κ3) is 27.4. The Kier molecular flexibility index (Phi) is 36.7. The van der Waals surface area contributed by atoms with Gasteiger partial charge in [0, 0.05) is 44.7 Å². The molecule has 4 fully saturated rings. The zero-order valence-corrected chi connectivity index (χ0v) is 76.3. The van der Waals surface area contributed by atoms with Crippen molar-refractivity contribution in [1.29, 1.82) is 0 Å². The number of aliphatic hydroxyl groups excluding tert-OH is 3. The molecular weight excluding hydrogens is 1890 g/mol. The van der Waals surface area contributed by atoms with Crippen molar-refractivity contribution in [1.82, 2.24) is 78.7 Å². The van der Waals surface area contributed by atoms with Crippen molar-refractivity contribution >= 4 is 123 Å². The van der Waals surface area contributed by atoms with Gasteiger partial charge in [0.1, 0.15) is 94.4 Å². The van der Waals surface area contributed by atoms with Gasteiger partial charge in [0.15, 0.2) is 59.0 Å². The fourth-order valence-electron chi connectivity index (χ4n) is 13.5. The molecule has 4 aliphatic heterocycles. The Morgan fingerprint density at radius 3 is 1.28 bits per heavy atom. The smallest absolute Gasteiger partial charge is 0.358 e. The van der Waals surface area contributed by atoms with E-state index in [4.69, 9.17) is 74.6 Å². The standard InChI is InChI=1S/2C36H42N10O15P2S.C2H6O.C2H6.CH4/c2*1-3-4-5-24(47)39-13-25-44-27(31(64-25)19-8-6-18(2)7-9-19)35(49)60-30-22(59-34(29(30)48)46-17-42-28-32(38)40-16-41-33(28)46)15-57-63(54,55)61-20-12-26(45-11-10-23(37)43-36(45)50)58-21(20)14-56-62(51,52)53;1-2-3;1-2;/h2*3,6-11,16-17,20-22,26,29-30,34,48H,1,4-5,12-15H2,2H3,(H,39,47)(H,54,55)(H2,37,43,50)(H2,38,40,41)(H2,51,52,53);3H,2H2,1H3;1-2H3;1H4/p-5/t2*20?,21-,22-,26-,29+,30?,34-;;;/m11.../s1. The number of nitrogens with zero attached hydrogens (tertiary/aromatic N) is 14. The number of benzene rings is 2. The molecule has 2 aromatic carbocycles. The maximum atomic E-state index is 14.2. The molecule has 12 heterocycles. The molecule has 4 saturated heterocycles. The summed E-state index contributed by atoms with van der Waals surface area (Å²) in [7, 11) is -21.9. The molecule has 2 amide bonds. The summed E-state index contributed by atoms with van der Waals surface area (Å²) >= 11 is 2.23. The Morgan fingerprint density at radius 2 is 0.925 bits per heavy atom. The first-order valence-electron chi connectivity index (χ1n) is 40.3. The second kappa shape index (κ2) is 46.7. The summed E-state index contributed by atoms with van der Waals surface area (Å²) in [5.41, 5.74) is 24.4. The van der Waals surface area contributed by atoms with Gasteiger partial charge in [-0.25, -0.2) is 59.0 Å². The predicted molar refractivity (Wildman–Crippen MR) is 465 cm³/mol. The number of amides is 2. The molecular formula is C77H95N20O31P4S2-5. The fraction of sp³-hybridized carbons (Fsp3) is 0.429. The van der Waals surface area contributed by atoms with Crippen LogP contribution in [-0.2, 0) is 96.5 Å². The number of thiazole rings is 2. The highest BCUT2D eigenvalue weighted by atomic mass is 32.1. The summed E-state index contributed by atoms with van der Waals surface area (Å²) in [5.74, 6) is -2.91. The van der Waals surface area contributed by atoms with Gasteiger partial charge in [0.2, 0.25) is 11.8 Å². The molecule has 0 spiro atoms. The van der Waals surface area contributed by atoms with E-state index >= 15 is 0 Å². The van der Waals surface area contributed by atoms with Crippen LogP contribution in [-0.4, -0.2) is 206 Å². The number of aryl methyl sites for hydroxylation is 2. The minimum Gasteiger partial charge on any atom is -0.790 e. The van der Waals surface area contributed by atoms with Crippen LogP contribution in [0, 0.1) is 13.8 Å². The number of allylic oxidation sites excluding steroid dienone is 2. The average Bonchev–Trinajstić information content (AvgIpc) is 1.61. The lowest BCUT2D eigenvalue weighted by atomic mass is 10.1. The molecule has 0 aliphatic carbocycles. The first-order valence-corrected chi connectivity index (χ1v) is 47.8. The van der Waals surface area contributed by atoms with E-state index in [1.165, 1.54) is 46.3 Å². The number of esters is 2. The topological polar surface area (TPSA) is 754 Å². The molecule has 4 aliphatic rings. The second-order valence-electron chi connectivity index (χ2n) is 28.9. The molecule has 14 rings (SSSR count). The first-order chi connectivity index (χ1) is 63.2. The van der Waals surface area contributed by atoms with Crippen molar-refractivity contribution in [2.75, 3.05) is 56.0 Å². The SMILES string of the molecule is C.C=CCCC(=O)NCc1nc(C(=O)OC2[C@@H](COP(=O)([O-])OC3C[C@H](n4ccc(N)nc4=O)O[C@@H]3COP(=O)([O-])O)O[C@@H](n3cnc4c(N)ncnc43)[C@H]2O)c(-c2ccc(C)cc2)s1.C=CCCC(=O)NCc1nc(C(=O)OC2[C@@H](COP(=O)([O-])OC3C[C@H](n4ccc(N)nc4=O)O[C@@H]3COP(=O)([O-])[O-])O[C@@H](n3cnc4c(N)ncnc43)[C@H]2O)c(-c2ccc(C)cc2)s1.CC.CCO. The minimum absolute atomic E-state index is 0.